The minimum atomic E-state index is -0.411. The molecule has 2 N–H and O–H groups in total. The predicted octanol–water partition coefficient (Wildman–Crippen LogP) is 7.09. The molecule has 1 heterocycles. The molecule has 4 heteroatoms. The molecule has 0 unspecified atom stereocenters. The minimum absolute atomic E-state index is 0.0266. The van der Waals surface area contributed by atoms with Gasteiger partial charge in [0, 0.05) is 11.3 Å². The van der Waals surface area contributed by atoms with Crippen molar-refractivity contribution in [1.82, 2.24) is 0 Å². The third kappa shape index (κ3) is 3.78. The van der Waals surface area contributed by atoms with Gasteiger partial charge in [0.15, 0.2) is 17.8 Å². The van der Waals surface area contributed by atoms with Crippen LogP contribution in [0.2, 0.25) is 0 Å². The van der Waals surface area contributed by atoms with Gasteiger partial charge >= 0.3 is 0 Å². The van der Waals surface area contributed by atoms with Gasteiger partial charge in [0.25, 0.3) is 0 Å². The van der Waals surface area contributed by atoms with Gasteiger partial charge in [-0.05, 0) is 67.4 Å². The normalized spacial score (nSPS) is 20.1. The Bertz CT molecular complexity index is 887. The molecule has 4 nitrogen and oxygen atoms in total. The molecule has 0 saturated heterocycles. The highest BCUT2D eigenvalue weighted by Gasteiger charge is 2.43. The fourth-order valence-corrected chi connectivity index (χ4v) is 5.94. The average Bonchev–Trinajstić information content (AvgIpc) is 2.94. The number of phenols is 2. The number of rotatable bonds is 6. The van der Waals surface area contributed by atoms with Crippen molar-refractivity contribution >= 4 is 17.3 Å². The maximum atomic E-state index is 11.5. The number of benzene rings is 1. The van der Waals surface area contributed by atoms with Crippen LogP contribution in [0.4, 0.5) is 0 Å². The summed E-state index contributed by atoms with van der Waals surface area (Å²) in [6.45, 7) is 13.8. The fraction of sp³-hybridized carbons (Fsp3) is 0.640. The van der Waals surface area contributed by atoms with E-state index in [0.29, 0.717) is 34.0 Å². The molecule has 29 heavy (non-hydrogen) atoms. The van der Waals surface area contributed by atoms with Crippen molar-refractivity contribution < 1.29 is 19.4 Å². The second-order valence-electron chi connectivity index (χ2n) is 10.3. The maximum absolute atomic E-state index is 11.5. The lowest BCUT2D eigenvalue weighted by Gasteiger charge is -2.50. The second-order valence-corrected chi connectivity index (χ2v) is 10.3. The number of aldehydes is 1. The first kappa shape index (κ1) is 21.7. The van der Waals surface area contributed by atoms with Crippen LogP contribution in [0, 0.1) is 23.7 Å². The number of phenolic OH excluding ortho intramolecular Hbond substituents is 2. The topological polar surface area (TPSA) is 70.7 Å². The zero-order chi connectivity index (χ0) is 21.6. The molecule has 0 radical (unpaired) electrons. The van der Waals surface area contributed by atoms with Crippen LogP contribution in [0.25, 0.3) is 11.0 Å². The van der Waals surface area contributed by atoms with Gasteiger partial charge < -0.3 is 14.6 Å². The van der Waals surface area contributed by atoms with Crippen LogP contribution in [0.1, 0.15) is 101 Å². The summed E-state index contributed by atoms with van der Waals surface area (Å²) in [7, 11) is 0. The zero-order valence-electron chi connectivity index (χ0n) is 18.8. The Kier molecular flexibility index (Phi) is 5.77. The molecule has 1 aromatic heterocycles. The molecule has 1 saturated carbocycles. The smallest absolute Gasteiger partial charge is 0.172 e. The second kappa shape index (κ2) is 7.70. The average molecular weight is 401 g/mol. The quantitative estimate of drug-likeness (QED) is 0.401. The zero-order valence-corrected chi connectivity index (χ0v) is 18.8. The van der Waals surface area contributed by atoms with E-state index in [4.69, 9.17) is 4.42 Å². The number of aromatic hydroxyl groups is 2. The maximum Gasteiger partial charge on any atom is 0.172 e. The van der Waals surface area contributed by atoms with E-state index in [0.717, 1.165) is 30.6 Å². The molecule has 1 atom stereocenters. The number of aryl methyl sites for hydroxylation is 1. The van der Waals surface area contributed by atoms with Crippen LogP contribution in [-0.2, 0) is 0 Å². The molecule has 1 aliphatic carbocycles. The molecular weight excluding hydrogens is 364 g/mol. The summed E-state index contributed by atoms with van der Waals surface area (Å²) >= 11 is 0. The van der Waals surface area contributed by atoms with Crippen molar-refractivity contribution in [2.24, 2.45) is 16.7 Å². The number of furan rings is 1. The van der Waals surface area contributed by atoms with E-state index in [1.165, 1.54) is 25.3 Å². The Morgan fingerprint density at radius 1 is 1.21 bits per heavy atom. The Labute approximate surface area is 174 Å². The summed E-state index contributed by atoms with van der Waals surface area (Å²) in [4.78, 5) is 11.5. The summed E-state index contributed by atoms with van der Waals surface area (Å²) in [5.41, 5.74) is 2.03. The van der Waals surface area contributed by atoms with Gasteiger partial charge in [-0.3, -0.25) is 4.79 Å². The van der Waals surface area contributed by atoms with Gasteiger partial charge in [-0.2, -0.15) is 0 Å². The van der Waals surface area contributed by atoms with Crippen molar-refractivity contribution in [2.75, 3.05) is 0 Å². The predicted molar refractivity (Wildman–Crippen MR) is 117 cm³/mol. The third-order valence-electron chi connectivity index (χ3n) is 7.57. The highest BCUT2D eigenvalue weighted by atomic mass is 16.3. The Morgan fingerprint density at radius 3 is 2.38 bits per heavy atom. The lowest BCUT2D eigenvalue weighted by atomic mass is 9.55. The third-order valence-corrected chi connectivity index (χ3v) is 7.57. The summed E-state index contributed by atoms with van der Waals surface area (Å²) in [6, 6.07) is 1.50. The first-order valence-corrected chi connectivity index (χ1v) is 11.0. The fourth-order valence-electron chi connectivity index (χ4n) is 5.94. The summed E-state index contributed by atoms with van der Waals surface area (Å²) in [5.74, 6) is 1.09. The van der Waals surface area contributed by atoms with Crippen LogP contribution in [0.3, 0.4) is 0 Å². The first-order valence-electron chi connectivity index (χ1n) is 11.0. The van der Waals surface area contributed by atoms with E-state index in [-0.39, 0.29) is 17.2 Å². The largest absolute Gasteiger partial charge is 0.504 e. The molecule has 160 valence electrons. The number of carbonyl (C=O) groups is 1. The van der Waals surface area contributed by atoms with Gasteiger partial charge in [0.05, 0.1) is 0 Å². The highest BCUT2D eigenvalue weighted by molar-refractivity contribution is 6.00. The summed E-state index contributed by atoms with van der Waals surface area (Å²) in [6.07, 6.45) is 7.54. The van der Waals surface area contributed by atoms with Crippen LogP contribution in [-0.4, -0.2) is 16.5 Å². The van der Waals surface area contributed by atoms with Gasteiger partial charge in [-0.1, -0.05) is 41.0 Å². The molecule has 0 spiro atoms. The first-order chi connectivity index (χ1) is 13.5. The van der Waals surface area contributed by atoms with Crippen molar-refractivity contribution in [3.63, 3.8) is 0 Å². The summed E-state index contributed by atoms with van der Waals surface area (Å²) in [5, 5.41) is 20.7. The SMILES string of the molecule is CC[C@H](CCC1C(C)(C)CCCC1(C)C)c1oc2c(C=O)c(O)c(O)cc2c1C. The molecule has 0 amide bonds. The van der Waals surface area contributed by atoms with Gasteiger partial charge in [0.1, 0.15) is 16.9 Å². The lowest BCUT2D eigenvalue weighted by molar-refractivity contribution is 0.00565. The van der Waals surface area contributed by atoms with Crippen molar-refractivity contribution in [3.8, 4) is 11.5 Å². The highest BCUT2D eigenvalue weighted by Crippen LogP contribution is 2.53. The van der Waals surface area contributed by atoms with E-state index in [9.17, 15) is 15.0 Å². The van der Waals surface area contributed by atoms with E-state index < -0.39 is 5.75 Å². The molecule has 0 aliphatic heterocycles. The molecule has 1 aromatic carbocycles. The standard InChI is InChI=1S/C25H36O4/c1-7-16(9-10-20-24(3,4)11-8-12-25(20,5)6)22-15(2)17-13-19(27)21(28)18(14-26)23(17)29-22/h13-14,16,20,27-28H,7-12H2,1-6H3/t16-/m1/s1. The number of fused-ring (bicyclic) bond motifs is 1. The molecule has 3 rings (SSSR count). The summed E-state index contributed by atoms with van der Waals surface area (Å²) < 4.78 is 6.15. The number of hydrogen-bond donors (Lipinski definition) is 2. The molecule has 2 aromatic rings. The Hall–Kier alpha value is -1.97. The van der Waals surface area contributed by atoms with Crippen LogP contribution >= 0.6 is 0 Å². The van der Waals surface area contributed by atoms with E-state index >= 15 is 0 Å². The Morgan fingerprint density at radius 2 is 1.83 bits per heavy atom. The molecular formula is C25H36O4. The Balaban J connectivity index is 1.93. The van der Waals surface area contributed by atoms with E-state index in [1.54, 1.807) is 0 Å². The van der Waals surface area contributed by atoms with E-state index in [2.05, 4.69) is 34.6 Å². The van der Waals surface area contributed by atoms with E-state index in [1.807, 2.05) is 6.92 Å². The van der Waals surface area contributed by atoms with Gasteiger partial charge in [-0.15, -0.1) is 0 Å². The van der Waals surface area contributed by atoms with Crippen LogP contribution in [0.15, 0.2) is 10.5 Å². The van der Waals surface area contributed by atoms with Gasteiger partial charge in [-0.25, -0.2) is 0 Å². The molecule has 1 fully saturated rings. The monoisotopic (exact) mass is 400 g/mol. The molecule has 0 bridgehead atoms. The number of carbonyl (C=O) groups excluding carboxylic acids is 1. The molecule has 1 aliphatic rings. The van der Waals surface area contributed by atoms with Crippen molar-refractivity contribution in [1.29, 1.82) is 0 Å². The lowest BCUT2D eigenvalue weighted by Crippen LogP contribution is -2.40. The van der Waals surface area contributed by atoms with Crippen molar-refractivity contribution in [2.45, 2.75) is 86.0 Å². The number of hydrogen-bond acceptors (Lipinski definition) is 4. The van der Waals surface area contributed by atoms with Crippen LogP contribution in [0.5, 0.6) is 11.5 Å². The van der Waals surface area contributed by atoms with Gasteiger partial charge in [0.2, 0.25) is 0 Å². The van der Waals surface area contributed by atoms with Crippen molar-refractivity contribution in [3.05, 3.63) is 23.0 Å². The minimum Gasteiger partial charge on any atom is -0.504 e. The van der Waals surface area contributed by atoms with Crippen LogP contribution < -0.4 is 0 Å².